The van der Waals surface area contributed by atoms with E-state index in [1.165, 1.54) is 23.1 Å². The van der Waals surface area contributed by atoms with Crippen molar-refractivity contribution >= 4 is 17.6 Å². The van der Waals surface area contributed by atoms with E-state index in [9.17, 15) is 14.3 Å². The third kappa shape index (κ3) is 6.01. The van der Waals surface area contributed by atoms with Crippen LogP contribution in [0.1, 0.15) is 0 Å². The molecular weight excluding hydrogens is 582 g/mol. The van der Waals surface area contributed by atoms with Crippen LogP contribution in [-0.4, -0.2) is 54.6 Å². The maximum Gasteiger partial charge on any atom is 0.414 e. The van der Waals surface area contributed by atoms with Crippen LogP contribution in [0.2, 0.25) is 0 Å². The van der Waals surface area contributed by atoms with Gasteiger partial charge >= 0.3 is 6.09 Å². The van der Waals surface area contributed by atoms with Crippen LogP contribution in [-0.2, 0) is 4.74 Å². The fraction of sp³-hybridized carbons (Fsp3) is 0.333. The van der Waals surface area contributed by atoms with Crippen molar-refractivity contribution in [3.05, 3.63) is 54.1 Å². The number of aliphatic hydroxyl groups excluding tert-OH is 1. The molecule has 10 heteroatoms. The molecule has 147 valence electrons. The molecule has 2 heterocycles. The second-order valence-corrected chi connectivity index (χ2v) is 6.00. The Kier molecular flexibility index (Phi) is 8.89. The number of halogens is 1. The number of ether oxygens (including phenoxy) is 2. The minimum Gasteiger partial charge on any atom is -0.674 e. The Labute approximate surface area is 197 Å². The smallest absolute Gasteiger partial charge is 0.414 e. The first-order valence-electron chi connectivity index (χ1n) is 8.45. The summed E-state index contributed by atoms with van der Waals surface area (Å²) in [6, 6.07) is 9.46. The Morgan fingerprint density at radius 3 is 2.89 bits per heavy atom. The number of carbonyl (C=O) groups excluding carboxylic acids is 1. The van der Waals surface area contributed by atoms with E-state index in [0.717, 1.165) is 0 Å². The fourth-order valence-corrected chi connectivity index (χ4v) is 2.55. The number of aromatic nitrogens is 1. The number of nitrogens with one attached hydrogen (secondary N) is 2. The molecule has 1 radical (unpaired) electrons. The van der Waals surface area contributed by atoms with Gasteiger partial charge < -0.3 is 25.6 Å². The molecule has 8 nitrogen and oxygen atoms in total. The number of rotatable bonds is 8. The first-order valence-corrected chi connectivity index (χ1v) is 8.45. The Hall–Kier alpha value is -1.47. The number of carbonyl (C=O) groups is 1. The van der Waals surface area contributed by atoms with Gasteiger partial charge in [-0.1, -0.05) is 6.07 Å². The standard InChI is InChI=1S/C18H20FN4O4.Ac/c19-15-7-12(23-10-14(8-20)27-18(23)25)4-5-16(15)26-11-13(24)9-22-17-3-1-2-6-21-17;/h1-7,13-14,20,24H,8-11H2,(H,21,22);/q-1;/t13?,14-;/m1./s1. The van der Waals surface area contributed by atoms with E-state index < -0.39 is 24.1 Å². The number of amides is 1. The monoisotopic (exact) mass is 602 g/mol. The Balaban J connectivity index is 0.00000280. The van der Waals surface area contributed by atoms with E-state index in [1.807, 2.05) is 6.07 Å². The van der Waals surface area contributed by atoms with Crippen LogP contribution in [0.3, 0.4) is 0 Å². The quantitative estimate of drug-likeness (QED) is 0.481. The van der Waals surface area contributed by atoms with Crippen molar-refractivity contribution in [2.24, 2.45) is 0 Å². The van der Waals surface area contributed by atoms with Gasteiger partial charge in [0.2, 0.25) is 0 Å². The summed E-state index contributed by atoms with van der Waals surface area (Å²) < 4.78 is 24.6. The molecule has 1 fully saturated rings. The topological polar surface area (TPSA) is 108 Å². The number of aliphatic hydroxyl groups is 1. The van der Waals surface area contributed by atoms with Crippen LogP contribution in [0.25, 0.3) is 5.73 Å². The molecule has 0 aliphatic carbocycles. The zero-order valence-corrected chi connectivity index (χ0v) is 19.8. The van der Waals surface area contributed by atoms with E-state index in [0.29, 0.717) is 11.5 Å². The molecule has 0 saturated carbocycles. The number of anilines is 2. The van der Waals surface area contributed by atoms with Gasteiger partial charge in [-0.05, 0) is 24.3 Å². The van der Waals surface area contributed by atoms with E-state index in [2.05, 4.69) is 10.3 Å². The predicted octanol–water partition coefficient (Wildman–Crippen LogP) is 2.45. The molecule has 2 atom stereocenters. The summed E-state index contributed by atoms with van der Waals surface area (Å²) in [5, 5.41) is 12.9. The number of hydrogen-bond donors (Lipinski definition) is 2. The zero-order valence-electron chi connectivity index (χ0n) is 15.0. The molecule has 1 aromatic heterocycles. The maximum absolute atomic E-state index is 14.3. The molecule has 0 bridgehead atoms. The average molecular weight is 602 g/mol. The molecule has 0 spiro atoms. The number of pyridine rings is 1. The van der Waals surface area contributed by atoms with E-state index in [4.69, 9.17) is 15.2 Å². The molecular formula is C18H20AcFN4O4-. The van der Waals surface area contributed by atoms with Crippen molar-refractivity contribution < 1.29 is 67.8 Å². The molecule has 3 N–H and O–H groups in total. The molecule has 1 aliphatic heterocycles. The van der Waals surface area contributed by atoms with Crippen molar-refractivity contribution in [2.75, 3.05) is 36.5 Å². The summed E-state index contributed by atoms with van der Waals surface area (Å²) in [7, 11) is 0. The molecule has 28 heavy (non-hydrogen) atoms. The van der Waals surface area contributed by atoms with Crippen LogP contribution in [0.15, 0.2) is 42.6 Å². The van der Waals surface area contributed by atoms with Gasteiger partial charge in [0, 0.05) is 62.9 Å². The van der Waals surface area contributed by atoms with Gasteiger partial charge in [-0.2, -0.15) is 0 Å². The number of nitrogens with zero attached hydrogens (tertiary/aromatic N) is 2. The number of benzene rings is 1. The predicted molar refractivity (Wildman–Crippen MR) is 97.4 cm³/mol. The summed E-state index contributed by atoms with van der Waals surface area (Å²) in [4.78, 5) is 17.1. The van der Waals surface area contributed by atoms with E-state index in [1.54, 1.807) is 18.3 Å². The zero-order chi connectivity index (χ0) is 19.2. The second kappa shape index (κ2) is 10.9. The molecule has 3 rings (SSSR count). The molecule has 2 aromatic rings. The van der Waals surface area contributed by atoms with Gasteiger partial charge in [0.1, 0.15) is 24.6 Å². The molecule has 1 unspecified atom stereocenters. The van der Waals surface area contributed by atoms with Gasteiger partial charge in [0.05, 0.1) is 12.2 Å². The van der Waals surface area contributed by atoms with Crippen molar-refractivity contribution in [1.29, 1.82) is 0 Å². The Bertz CT molecular complexity index is 783. The third-order valence-electron chi connectivity index (χ3n) is 3.94. The minimum absolute atomic E-state index is 0. The Morgan fingerprint density at radius 2 is 2.25 bits per heavy atom. The Morgan fingerprint density at radius 1 is 1.43 bits per heavy atom. The van der Waals surface area contributed by atoms with Gasteiger partial charge in [0.25, 0.3) is 0 Å². The first-order chi connectivity index (χ1) is 13.1. The summed E-state index contributed by atoms with van der Waals surface area (Å²) in [6.07, 6.45) is -0.350. The van der Waals surface area contributed by atoms with Crippen LogP contribution >= 0.6 is 0 Å². The van der Waals surface area contributed by atoms with Gasteiger partial charge in [-0.3, -0.25) is 4.90 Å². The van der Waals surface area contributed by atoms with Crippen LogP contribution in [0, 0.1) is 49.9 Å². The van der Waals surface area contributed by atoms with Crippen molar-refractivity contribution in [3.63, 3.8) is 0 Å². The SMILES string of the molecule is [Ac].[NH-]C[C@@H]1CN(c2ccc(OCC(O)CNc3ccccn3)c(F)c2)C(=O)O1. The molecule has 1 aliphatic rings. The van der Waals surface area contributed by atoms with Crippen LogP contribution in [0.4, 0.5) is 20.7 Å². The van der Waals surface area contributed by atoms with Crippen molar-refractivity contribution in [2.45, 2.75) is 12.2 Å². The summed E-state index contributed by atoms with van der Waals surface area (Å²) >= 11 is 0. The van der Waals surface area contributed by atoms with Gasteiger partial charge in [-0.25, -0.2) is 14.2 Å². The summed E-state index contributed by atoms with van der Waals surface area (Å²) in [6.45, 7) is 0.254. The average Bonchev–Trinajstić information content (AvgIpc) is 3.07. The summed E-state index contributed by atoms with van der Waals surface area (Å²) in [5.74, 6) is -0.0599. The second-order valence-electron chi connectivity index (χ2n) is 6.00. The normalized spacial score (nSPS) is 16.9. The third-order valence-corrected chi connectivity index (χ3v) is 3.94. The van der Waals surface area contributed by atoms with E-state index in [-0.39, 0.29) is 76.1 Å². The van der Waals surface area contributed by atoms with Gasteiger partial charge in [0.15, 0.2) is 11.6 Å². The maximum atomic E-state index is 14.3. The van der Waals surface area contributed by atoms with Crippen molar-refractivity contribution in [1.82, 2.24) is 4.98 Å². The number of cyclic esters (lactones) is 1. The van der Waals surface area contributed by atoms with Gasteiger partial charge in [-0.15, -0.1) is 6.54 Å². The van der Waals surface area contributed by atoms with E-state index >= 15 is 0 Å². The molecule has 1 saturated heterocycles. The largest absolute Gasteiger partial charge is 0.674 e. The summed E-state index contributed by atoms with van der Waals surface area (Å²) in [5.41, 5.74) is 7.60. The van der Waals surface area contributed by atoms with Crippen LogP contribution in [0.5, 0.6) is 5.75 Å². The van der Waals surface area contributed by atoms with Crippen molar-refractivity contribution in [3.8, 4) is 5.75 Å². The fourth-order valence-electron chi connectivity index (χ4n) is 2.55. The first kappa shape index (κ1) is 22.8. The molecule has 1 amide bonds. The molecule has 1 aromatic carbocycles. The number of hydrogen-bond acceptors (Lipinski definition) is 6. The minimum atomic E-state index is -0.863. The van der Waals surface area contributed by atoms with Crippen LogP contribution < -0.4 is 15.0 Å².